The second kappa shape index (κ2) is 10.1. The molecule has 1 aliphatic rings. The summed E-state index contributed by atoms with van der Waals surface area (Å²) in [6.07, 6.45) is -2.67. The van der Waals surface area contributed by atoms with Crippen molar-refractivity contribution in [2.45, 2.75) is 45.5 Å². The number of hydrogen-bond donors (Lipinski definition) is 3. The first-order chi connectivity index (χ1) is 15.5. The number of nitrogens with one attached hydrogen (secondary N) is 3. The van der Waals surface area contributed by atoms with Gasteiger partial charge in [0.15, 0.2) is 0 Å². The molecule has 1 saturated heterocycles. The molecule has 0 aliphatic carbocycles. The number of rotatable bonds is 8. The van der Waals surface area contributed by atoms with Gasteiger partial charge in [0, 0.05) is 25.6 Å². The molecule has 1 aliphatic heterocycles. The van der Waals surface area contributed by atoms with E-state index in [2.05, 4.69) is 20.8 Å². The Balaban J connectivity index is 1.62. The van der Waals surface area contributed by atoms with Gasteiger partial charge in [0.05, 0.1) is 17.7 Å². The molecule has 2 heterocycles. The van der Waals surface area contributed by atoms with Crippen LogP contribution >= 0.6 is 0 Å². The fraction of sp³-hybridized carbons (Fsp3) is 0.455. The van der Waals surface area contributed by atoms with Gasteiger partial charge in [-0.2, -0.15) is 18.3 Å². The number of halogens is 3. The lowest BCUT2D eigenvalue weighted by Gasteiger charge is -2.22. The number of alkyl halides is 3. The third-order valence-corrected chi connectivity index (χ3v) is 5.31. The van der Waals surface area contributed by atoms with Crippen LogP contribution in [-0.4, -0.2) is 45.4 Å². The molecule has 1 aromatic carbocycles. The Kier molecular flexibility index (Phi) is 7.39. The fourth-order valence-corrected chi connectivity index (χ4v) is 3.70. The standard InChI is InChI=1S/C22H26F3N5O3/c1-13(2)8-17(21(33)28-18-6-7-26-29-18)27-20(32)15-10-19(31)30(12-15)11-14-4-3-5-16(9-14)22(23,24)25/h3-7,9,13,15,17H,8,10-12H2,1-2H3,(H,27,32)(H2,26,28,29,33)/t15-,17-/m1/s1. The van der Waals surface area contributed by atoms with Crippen LogP contribution in [0, 0.1) is 11.8 Å². The van der Waals surface area contributed by atoms with Gasteiger partial charge < -0.3 is 15.5 Å². The van der Waals surface area contributed by atoms with Crippen molar-refractivity contribution in [3.63, 3.8) is 0 Å². The van der Waals surface area contributed by atoms with Crippen LogP contribution in [0.25, 0.3) is 0 Å². The molecule has 2 aromatic rings. The van der Waals surface area contributed by atoms with Crippen LogP contribution in [0.2, 0.25) is 0 Å². The molecule has 0 unspecified atom stereocenters. The van der Waals surface area contributed by atoms with Crippen molar-refractivity contribution < 1.29 is 27.6 Å². The molecule has 1 aromatic heterocycles. The van der Waals surface area contributed by atoms with Crippen molar-refractivity contribution in [1.82, 2.24) is 20.4 Å². The summed E-state index contributed by atoms with van der Waals surface area (Å²) in [5.41, 5.74) is -0.461. The highest BCUT2D eigenvalue weighted by Crippen LogP contribution is 2.30. The van der Waals surface area contributed by atoms with E-state index in [1.54, 1.807) is 6.07 Å². The van der Waals surface area contributed by atoms with Crippen LogP contribution in [0.1, 0.15) is 37.8 Å². The molecule has 8 nitrogen and oxygen atoms in total. The minimum atomic E-state index is -4.48. The molecule has 33 heavy (non-hydrogen) atoms. The second-order valence-corrected chi connectivity index (χ2v) is 8.52. The molecule has 0 bridgehead atoms. The summed E-state index contributed by atoms with van der Waals surface area (Å²) in [5, 5.41) is 11.7. The van der Waals surface area contributed by atoms with Crippen molar-refractivity contribution in [2.24, 2.45) is 11.8 Å². The summed E-state index contributed by atoms with van der Waals surface area (Å²) in [6.45, 7) is 3.87. The lowest BCUT2D eigenvalue weighted by Crippen LogP contribution is -2.47. The van der Waals surface area contributed by atoms with E-state index in [-0.39, 0.29) is 31.3 Å². The summed E-state index contributed by atoms with van der Waals surface area (Å²) in [4.78, 5) is 39.3. The molecule has 3 amide bonds. The molecule has 3 rings (SSSR count). The van der Waals surface area contributed by atoms with Crippen molar-refractivity contribution in [2.75, 3.05) is 11.9 Å². The molecular weight excluding hydrogens is 439 g/mol. The van der Waals surface area contributed by atoms with E-state index >= 15 is 0 Å². The first-order valence-corrected chi connectivity index (χ1v) is 10.6. The van der Waals surface area contributed by atoms with Crippen LogP contribution in [0.3, 0.4) is 0 Å². The van der Waals surface area contributed by atoms with Crippen molar-refractivity contribution >= 4 is 23.5 Å². The topological polar surface area (TPSA) is 107 Å². The van der Waals surface area contributed by atoms with Crippen LogP contribution in [0.5, 0.6) is 0 Å². The van der Waals surface area contributed by atoms with Crippen molar-refractivity contribution in [1.29, 1.82) is 0 Å². The number of amides is 3. The number of aromatic nitrogens is 2. The van der Waals surface area contributed by atoms with E-state index in [9.17, 15) is 27.6 Å². The van der Waals surface area contributed by atoms with E-state index in [1.807, 2.05) is 13.8 Å². The smallest absolute Gasteiger partial charge is 0.344 e. The van der Waals surface area contributed by atoms with Gasteiger partial charge in [-0.1, -0.05) is 26.0 Å². The lowest BCUT2D eigenvalue weighted by atomic mass is 10.0. The van der Waals surface area contributed by atoms with Gasteiger partial charge in [-0.25, -0.2) is 0 Å². The third kappa shape index (κ3) is 6.56. The Labute approximate surface area is 188 Å². The maximum atomic E-state index is 13.0. The monoisotopic (exact) mass is 465 g/mol. The Hall–Kier alpha value is -3.37. The highest BCUT2D eigenvalue weighted by molar-refractivity contribution is 5.97. The van der Waals surface area contributed by atoms with E-state index in [0.29, 0.717) is 17.8 Å². The zero-order chi connectivity index (χ0) is 24.2. The van der Waals surface area contributed by atoms with E-state index < -0.39 is 35.5 Å². The summed E-state index contributed by atoms with van der Waals surface area (Å²) >= 11 is 0. The normalized spacial score (nSPS) is 17.3. The number of H-pyrrole nitrogens is 1. The molecular formula is C22H26F3N5O3. The van der Waals surface area contributed by atoms with Crippen LogP contribution in [0.15, 0.2) is 36.5 Å². The van der Waals surface area contributed by atoms with Crippen molar-refractivity contribution in [3.8, 4) is 0 Å². The quantitative estimate of drug-likeness (QED) is 0.557. The predicted molar refractivity (Wildman–Crippen MR) is 114 cm³/mol. The Morgan fingerprint density at radius 3 is 2.67 bits per heavy atom. The highest BCUT2D eigenvalue weighted by Gasteiger charge is 2.36. The SMILES string of the molecule is CC(C)C[C@@H](NC(=O)[C@@H]1CC(=O)N(Cc2cccc(C(F)(F)F)c2)C1)C(=O)Nc1ccn[nH]1. The van der Waals surface area contributed by atoms with Gasteiger partial charge in [0.25, 0.3) is 0 Å². The van der Waals surface area contributed by atoms with Gasteiger partial charge in [-0.3, -0.25) is 19.5 Å². The third-order valence-electron chi connectivity index (χ3n) is 5.31. The van der Waals surface area contributed by atoms with Gasteiger partial charge in [0.1, 0.15) is 11.9 Å². The first kappa shape index (κ1) is 24.3. The number of anilines is 1. The molecule has 178 valence electrons. The number of likely N-dealkylation sites (tertiary alicyclic amines) is 1. The second-order valence-electron chi connectivity index (χ2n) is 8.52. The minimum Gasteiger partial charge on any atom is -0.344 e. The van der Waals surface area contributed by atoms with Crippen LogP contribution in [-0.2, 0) is 27.1 Å². The highest BCUT2D eigenvalue weighted by atomic mass is 19.4. The maximum absolute atomic E-state index is 13.0. The Morgan fingerprint density at radius 1 is 1.27 bits per heavy atom. The number of carbonyl (C=O) groups excluding carboxylic acids is 3. The van der Waals surface area contributed by atoms with Crippen LogP contribution in [0.4, 0.5) is 19.0 Å². The molecule has 0 spiro atoms. The largest absolute Gasteiger partial charge is 0.416 e. The lowest BCUT2D eigenvalue weighted by molar-refractivity contribution is -0.137. The first-order valence-electron chi connectivity index (χ1n) is 10.6. The van der Waals surface area contributed by atoms with Crippen molar-refractivity contribution in [3.05, 3.63) is 47.7 Å². The number of hydrogen-bond acceptors (Lipinski definition) is 4. The van der Waals surface area contributed by atoms with E-state index in [4.69, 9.17) is 0 Å². The average Bonchev–Trinajstić information content (AvgIpc) is 3.36. The zero-order valence-electron chi connectivity index (χ0n) is 18.3. The average molecular weight is 465 g/mol. The summed E-state index contributed by atoms with van der Waals surface area (Å²) in [5.74, 6) is -1.36. The number of carbonyl (C=O) groups is 3. The van der Waals surface area contributed by atoms with E-state index in [1.165, 1.54) is 23.2 Å². The molecule has 0 radical (unpaired) electrons. The van der Waals surface area contributed by atoms with Crippen LogP contribution < -0.4 is 10.6 Å². The molecule has 11 heteroatoms. The maximum Gasteiger partial charge on any atom is 0.416 e. The summed E-state index contributed by atoms with van der Waals surface area (Å²) < 4.78 is 38.9. The molecule has 0 saturated carbocycles. The number of nitrogens with zero attached hydrogens (tertiary/aromatic N) is 2. The fourth-order valence-electron chi connectivity index (χ4n) is 3.70. The zero-order valence-corrected chi connectivity index (χ0v) is 18.3. The molecule has 1 fully saturated rings. The molecule has 2 atom stereocenters. The van der Waals surface area contributed by atoms with E-state index in [0.717, 1.165) is 12.1 Å². The van der Waals surface area contributed by atoms with Gasteiger partial charge in [-0.15, -0.1) is 0 Å². The Bertz CT molecular complexity index is 991. The summed E-state index contributed by atoms with van der Waals surface area (Å²) in [7, 11) is 0. The van der Waals surface area contributed by atoms with Gasteiger partial charge >= 0.3 is 6.18 Å². The van der Waals surface area contributed by atoms with Gasteiger partial charge in [0.2, 0.25) is 17.7 Å². The predicted octanol–water partition coefficient (Wildman–Crippen LogP) is 2.95. The number of aromatic amines is 1. The number of benzene rings is 1. The Morgan fingerprint density at radius 2 is 2.03 bits per heavy atom. The summed E-state index contributed by atoms with van der Waals surface area (Å²) in [6, 6.07) is 5.53. The minimum absolute atomic E-state index is 0.0255. The van der Waals surface area contributed by atoms with Gasteiger partial charge in [-0.05, 0) is 30.0 Å². The molecule has 3 N–H and O–H groups in total.